The van der Waals surface area contributed by atoms with E-state index >= 15 is 0 Å². The number of nitrogens with zero attached hydrogens (tertiary/aromatic N) is 2. The zero-order chi connectivity index (χ0) is 48.1. The van der Waals surface area contributed by atoms with Crippen LogP contribution >= 0.6 is 0 Å². The summed E-state index contributed by atoms with van der Waals surface area (Å²) in [6.45, 7) is 6.79. The van der Waals surface area contributed by atoms with Gasteiger partial charge in [-0.25, -0.2) is 0 Å². The fourth-order valence-electron chi connectivity index (χ4n) is 14.3. The van der Waals surface area contributed by atoms with Crippen molar-refractivity contribution in [1.82, 2.24) is 0 Å². The molecule has 0 saturated heterocycles. The molecular weight excluding hydrogens is 872 g/mol. The average molecular weight is 931 g/mol. The van der Waals surface area contributed by atoms with Gasteiger partial charge in [-0.1, -0.05) is 178 Å². The van der Waals surface area contributed by atoms with Gasteiger partial charge in [0.25, 0.3) is 6.71 Å². The highest BCUT2D eigenvalue weighted by Gasteiger charge is 2.57. The summed E-state index contributed by atoms with van der Waals surface area (Å²) in [6, 6.07) is 79.3. The van der Waals surface area contributed by atoms with E-state index in [-0.39, 0.29) is 17.7 Å². The van der Waals surface area contributed by atoms with Crippen LogP contribution in [0.25, 0.3) is 44.5 Å². The first-order chi connectivity index (χ1) is 35.2. The fourth-order valence-corrected chi connectivity index (χ4v) is 14.3. The van der Waals surface area contributed by atoms with E-state index in [0.717, 1.165) is 57.4 Å². The molecular formula is C68H59BN2O. The quantitative estimate of drug-likeness (QED) is 0.141. The molecule has 4 fully saturated rings. The summed E-state index contributed by atoms with van der Waals surface area (Å²) in [7, 11) is 0. The van der Waals surface area contributed by atoms with E-state index in [1.807, 2.05) is 0 Å². The Morgan fingerprint density at radius 2 is 0.958 bits per heavy atom. The van der Waals surface area contributed by atoms with Crippen molar-refractivity contribution in [1.29, 1.82) is 0 Å². The SMILES string of the molecule is CC(C)(C)c1ccc(-c2cc3c4c(c2)N(C25CC6CC(CC(C6)C2)C5)c2cc(-c5ccccc5)c(-c5ccccc5)cc2B4c2cc(N(c4ccccc4)c4ccccc4)cc(-c4ccccc4)c2O3)cc1. The van der Waals surface area contributed by atoms with Crippen molar-refractivity contribution >= 4 is 51.5 Å². The van der Waals surface area contributed by atoms with Crippen molar-refractivity contribution in [3.05, 3.63) is 218 Å². The predicted molar refractivity (Wildman–Crippen MR) is 302 cm³/mol. The average Bonchev–Trinajstić information content (AvgIpc) is 3.41. The minimum Gasteiger partial charge on any atom is -0.458 e. The highest BCUT2D eigenvalue weighted by molar-refractivity contribution is 6.99. The maximum atomic E-state index is 7.74. The minimum absolute atomic E-state index is 0.00603. The van der Waals surface area contributed by atoms with Gasteiger partial charge < -0.3 is 14.5 Å². The molecule has 4 aliphatic carbocycles. The highest BCUT2D eigenvalue weighted by atomic mass is 16.5. The first-order valence-corrected chi connectivity index (χ1v) is 26.4. The third-order valence-electron chi connectivity index (χ3n) is 17.1. The predicted octanol–water partition coefficient (Wildman–Crippen LogP) is 16.2. The lowest BCUT2D eigenvalue weighted by Crippen LogP contribution is -2.66. The van der Waals surface area contributed by atoms with Gasteiger partial charge in [0.2, 0.25) is 0 Å². The lowest BCUT2D eigenvalue weighted by molar-refractivity contribution is 0.000635. The van der Waals surface area contributed by atoms with Gasteiger partial charge in [0.15, 0.2) is 0 Å². The van der Waals surface area contributed by atoms with Gasteiger partial charge in [-0.3, -0.25) is 0 Å². The lowest BCUT2D eigenvalue weighted by Gasteiger charge is -2.62. The molecule has 4 saturated carbocycles. The van der Waals surface area contributed by atoms with Gasteiger partial charge in [-0.05, 0) is 177 Å². The van der Waals surface area contributed by atoms with E-state index in [9.17, 15) is 0 Å². The van der Waals surface area contributed by atoms with Crippen LogP contribution in [0, 0.1) is 17.8 Å². The second-order valence-corrected chi connectivity index (χ2v) is 22.7. The second kappa shape index (κ2) is 16.8. The summed E-state index contributed by atoms with van der Waals surface area (Å²) in [5.41, 5.74) is 20.8. The summed E-state index contributed by atoms with van der Waals surface area (Å²) in [4.78, 5) is 5.36. The molecule has 3 nitrogen and oxygen atoms in total. The number of hydrogen-bond acceptors (Lipinski definition) is 3. The van der Waals surface area contributed by atoms with Crippen molar-refractivity contribution in [2.75, 3.05) is 9.80 Å². The molecule has 9 aromatic carbocycles. The first kappa shape index (κ1) is 43.3. The Bertz CT molecular complexity index is 3420. The number of rotatable bonds is 8. The maximum absolute atomic E-state index is 7.74. The van der Waals surface area contributed by atoms with E-state index in [0.29, 0.717) is 0 Å². The van der Waals surface area contributed by atoms with Crippen LogP contribution in [0.1, 0.15) is 64.9 Å². The summed E-state index contributed by atoms with van der Waals surface area (Å²) in [5, 5.41) is 0. The molecule has 0 radical (unpaired) electrons. The zero-order valence-electron chi connectivity index (χ0n) is 41.6. The smallest absolute Gasteiger partial charge is 0.256 e. The zero-order valence-corrected chi connectivity index (χ0v) is 41.6. The largest absolute Gasteiger partial charge is 0.458 e. The summed E-state index contributed by atoms with van der Waals surface area (Å²) in [5.74, 6) is 4.16. The Hall–Kier alpha value is -7.56. The third kappa shape index (κ3) is 7.16. The molecule has 0 unspecified atom stereocenters. The number of ether oxygens (including phenoxy) is 1. The normalized spacial score (nSPS) is 20.1. The van der Waals surface area contributed by atoms with Gasteiger partial charge in [0, 0.05) is 39.5 Å². The Morgan fingerprint density at radius 1 is 0.458 bits per heavy atom. The first-order valence-electron chi connectivity index (χ1n) is 26.4. The molecule has 72 heavy (non-hydrogen) atoms. The maximum Gasteiger partial charge on any atom is 0.256 e. The van der Waals surface area contributed by atoms with Crippen LogP contribution in [-0.2, 0) is 5.41 Å². The topological polar surface area (TPSA) is 15.7 Å². The molecule has 0 amide bonds. The van der Waals surface area contributed by atoms with Crippen molar-refractivity contribution in [3.8, 4) is 56.0 Å². The van der Waals surface area contributed by atoms with E-state index in [4.69, 9.17) is 4.74 Å². The van der Waals surface area contributed by atoms with Crippen LogP contribution in [-0.4, -0.2) is 12.3 Å². The molecule has 4 heteroatoms. The number of anilines is 5. The Morgan fingerprint density at radius 3 is 1.49 bits per heavy atom. The number of fused-ring (bicyclic) bond motifs is 4. The molecule has 0 atom stereocenters. The van der Waals surface area contributed by atoms with Crippen LogP contribution in [0.15, 0.2) is 212 Å². The third-order valence-corrected chi connectivity index (χ3v) is 17.1. The Kier molecular flexibility index (Phi) is 10.1. The van der Waals surface area contributed by atoms with Gasteiger partial charge >= 0.3 is 0 Å². The van der Waals surface area contributed by atoms with E-state index in [1.165, 1.54) is 105 Å². The van der Waals surface area contributed by atoms with Gasteiger partial charge in [0.1, 0.15) is 11.5 Å². The van der Waals surface area contributed by atoms with Gasteiger partial charge in [-0.15, -0.1) is 0 Å². The van der Waals surface area contributed by atoms with Crippen LogP contribution in [0.5, 0.6) is 11.5 Å². The molecule has 350 valence electrons. The Balaban J connectivity index is 1.10. The summed E-state index contributed by atoms with van der Waals surface area (Å²) < 4.78 is 7.74. The van der Waals surface area contributed by atoms with E-state index in [1.54, 1.807) is 0 Å². The monoisotopic (exact) mass is 930 g/mol. The molecule has 0 spiro atoms. The standard InChI is InChI=1S/C68H59BN2O/c1-67(2,3)53-31-29-48(30-32-53)52-36-63-65-64(37-52)72-66-59(51-23-13-6-14-24-51)38-56(70(54-25-15-7-16-26-54)55-27-17-8-18-28-55)39-61(66)69(65)60-40-57(49-19-9-4-10-20-49)58(50-21-11-5-12-22-50)41-62(60)71(63)68-42-45-33-46(43-68)35-47(34-45)44-68/h4-32,36-41,45-47H,33-35,42-44H2,1-3H3. The van der Waals surface area contributed by atoms with E-state index in [2.05, 4.69) is 243 Å². The van der Waals surface area contributed by atoms with Crippen LogP contribution in [0.2, 0.25) is 0 Å². The number of benzene rings is 9. The van der Waals surface area contributed by atoms with Crippen molar-refractivity contribution in [2.45, 2.75) is 70.3 Å². The molecule has 9 aromatic rings. The van der Waals surface area contributed by atoms with Crippen LogP contribution in [0.4, 0.5) is 28.4 Å². The number of hydrogen-bond donors (Lipinski definition) is 0. The van der Waals surface area contributed by atoms with E-state index < -0.39 is 0 Å². The van der Waals surface area contributed by atoms with Gasteiger partial charge in [-0.2, -0.15) is 0 Å². The minimum atomic E-state index is -0.126. The highest BCUT2D eigenvalue weighted by Crippen LogP contribution is 2.61. The molecule has 15 rings (SSSR count). The molecule has 2 aliphatic heterocycles. The second-order valence-electron chi connectivity index (χ2n) is 22.7. The molecule has 0 aromatic heterocycles. The number of para-hydroxylation sites is 2. The van der Waals surface area contributed by atoms with Crippen molar-refractivity contribution in [3.63, 3.8) is 0 Å². The summed E-state index contributed by atoms with van der Waals surface area (Å²) >= 11 is 0. The molecule has 4 bridgehead atoms. The fraction of sp³-hybridized carbons (Fsp3) is 0.206. The molecule has 0 N–H and O–H groups in total. The molecule has 2 heterocycles. The van der Waals surface area contributed by atoms with Crippen molar-refractivity contribution < 1.29 is 4.74 Å². The Labute approximate surface area is 425 Å². The van der Waals surface area contributed by atoms with Crippen LogP contribution < -0.4 is 30.9 Å². The molecule has 6 aliphatic rings. The lowest BCUT2D eigenvalue weighted by atomic mass is 9.33. The van der Waals surface area contributed by atoms with Crippen molar-refractivity contribution in [2.24, 2.45) is 17.8 Å². The summed E-state index contributed by atoms with van der Waals surface area (Å²) in [6.07, 6.45) is 7.82. The van der Waals surface area contributed by atoms with Crippen LogP contribution in [0.3, 0.4) is 0 Å². The van der Waals surface area contributed by atoms with Gasteiger partial charge in [0.05, 0.1) is 0 Å².